The van der Waals surface area contributed by atoms with Gasteiger partial charge < -0.3 is 4.18 Å². The number of hydrogen-bond acceptors (Lipinski definition) is 5. The van der Waals surface area contributed by atoms with Crippen molar-refractivity contribution in [2.45, 2.75) is 5.51 Å². The van der Waals surface area contributed by atoms with Gasteiger partial charge in [-0.25, -0.2) is 0 Å². The lowest BCUT2D eigenvalue weighted by molar-refractivity contribution is -0.0500. The second-order valence-electron chi connectivity index (χ2n) is 4.68. The van der Waals surface area contributed by atoms with Gasteiger partial charge in [0.2, 0.25) is 0 Å². The predicted molar refractivity (Wildman–Crippen MR) is 88.4 cm³/mol. The van der Waals surface area contributed by atoms with Gasteiger partial charge in [-0.3, -0.25) is 0 Å². The third-order valence-electron chi connectivity index (χ3n) is 3.05. The van der Waals surface area contributed by atoms with Gasteiger partial charge in [0.1, 0.15) is 5.75 Å². The molecule has 24 heavy (non-hydrogen) atoms. The Morgan fingerprint density at radius 3 is 2.38 bits per heavy atom. The summed E-state index contributed by atoms with van der Waals surface area (Å²) in [5.74, 6) is -0.411. The van der Waals surface area contributed by atoms with E-state index in [9.17, 15) is 21.6 Å². The summed E-state index contributed by atoms with van der Waals surface area (Å²) in [7, 11) is -5.69. The first kappa shape index (κ1) is 17.2. The lowest BCUT2D eigenvalue weighted by Crippen LogP contribution is -2.27. The maximum atomic E-state index is 12.4. The van der Waals surface area contributed by atoms with Gasteiger partial charge in [-0.2, -0.15) is 26.0 Å². The van der Waals surface area contributed by atoms with E-state index in [0.717, 1.165) is 21.6 Å². The maximum absolute atomic E-state index is 12.4. The molecule has 2 aromatic carbocycles. The van der Waals surface area contributed by atoms with Crippen LogP contribution in [0.5, 0.6) is 5.75 Å². The lowest BCUT2D eigenvalue weighted by Gasteiger charge is -2.09. The van der Waals surface area contributed by atoms with Crippen LogP contribution >= 0.6 is 27.5 Å². The van der Waals surface area contributed by atoms with E-state index in [2.05, 4.69) is 24.5 Å². The van der Waals surface area contributed by atoms with E-state index in [1.807, 2.05) is 24.3 Å². The van der Waals surface area contributed by atoms with Crippen molar-refractivity contribution in [1.29, 1.82) is 0 Å². The largest absolute Gasteiger partial charge is 0.534 e. The minimum Gasteiger partial charge on any atom is -0.376 e. The van der Waals surface area contributed by atoms with E-state index < -0.39 is 21.4 Å². The minimum absolute atomic E-state index is 0.411. The van der Waals surface area contributed by atoms with Gasteiger partial charge in [0, 0.05) is 21.5 Å². The monoisotopic (exact) mass is 437 g/mol. The molecular formula is C14H7BrF3NO3S2. The van der Waals surface area contributed by atoms with Crippen molar-refractivity contribution in [2.24, 2.45) is 0 Å². The predicted octanol–water partition coefficient (Wildman–Crippen LogP) is 4.95. The number of benzene rings is 2. The van der Waals surface area contributed by atoms with Crippen LogP contribution in [0, 0.1) is 0 Å². The molecule has 0 atom stereocenters. The van der Waals surface area contributed by atoms with Gasteiger partial charge in [-0.1, -0.05) is 28.1 Å². The zero-order valence-electron chi connectivity index (χ0n) is 11.5. The van der Waals surface area contributed by atoms with Gasteiger partial charge in [0.25, 0.3) is 0 Å². The van der Waals surface area contributed by atoms with Crippen molar-refractivity contribution in [3.63, 3.8) is 0 Å². The van der Waals surface area contributed by atoms with Gasteiger partial charge in [-0.15, -0.1) is 0 Å². The molecule has 0 aliphatic heterocycles. The molecule has 10 heteroatoms. The van der Waals surface area contributed by atoms with Gasteiger partial charge >= 0.3 is 15.6 Å². The van der Waals surface area contributed by atoms with Crippen LogP contribution in [0.2, 0.25) is 0 Å². The number of alkyl halides is 3. The Labute approximate surface area is 147 Å². The molecule has 0 aliphatic rings. The summed E-state index contributed by atoms with van der Waals surface area (Å²) < 4.78 is 69.0. The Morgan fingerprint density at radius 1 is 1.08 bits per heavy atom. The van der Waals surface area contributed by atoms with Crippen molar-refractivity contribution in [3.8, 4) is 17.0 Å². The van der Waals surface area contributed by atoms with Crippen molar-refractivity contribution in [1.82, 2.24) is 4.37 Å². The highest BCUT2D eigenvalue weighted by Crippen LogP contribution is 2.35. The second-order valence-corrected chi connectivity index (χ2v) is 7.94. The van der Waals surface area contributed by atoms with E-state index >= 15 is 0 Å². The number of fused-ring (bicyclic) bond motifs is 1. The van der Waals surface area contributed by atoms with E-state index in [1.54, 1.807) is 0 Å². The molecule has 0 spiro atoms. The number of rotatable bonds is 3. The molecule has 4 nitrogen and oxygen atoms in total. The summed E-state index contributed by atoms with van der Waals surface area (Å²) in [6, 6.07) is 11.2. The van der Waals surface area contributed by atoms with Crippen LogP contribution in [0.4, 0.5) is 13.2 Å². The summed E-state index contributed by atoms with van der Waals surface area (Å²) in [5.41, 5.74) is -3.98. The molecule has 3 aromatic rings. The fourth-order valence-electron chi connectivity index (χ4n) is 1.96. The zero-order chi connectivity index (χ0) is 17.5. The Kier molecular flexibility index (Phi) is 4.30. The highest BCUT2D eigenvalue weighted by molar-refractivity contribution is 9.10. The third-order valence-corrected chi connectivity index (χ3v) is 5.37. The highest BCUT2D eigenvalue weighted by Gasteiger charge is 2.48. The van der Waals surface area contributed by atoms with Crippen LogP contribution < -0.4 is 4.18 Å². The van der Waals surface area contributed by atoms with E-state index in [0.29, 0.717) is 15.8 Å². The molecule has 0 fully saturated rings. The molecule has 0 saturated carbocycles. The Hall–Kier alpha value is -1.65. The van der Waals surface area contributed by atoms with Crippen LogP contribution in [0.25, 0.3) is 21.3 Å². The molecule has 0 saturated heterocycles. The number of nitrogens with zero attached hydrogens (tertiary/aromatic N) is 1. The first-order valence-electron chi connectivity index (χ1n) is 6.33. The lowest BCUT2D eigenvalue weighted by atomic mass is 10.1. The van der Waals surface area contributed by atoms with Crippen molar-refractivity contribution < 1.29 is 25.8 Å². The summed E-state index contributed by atoms with van der Waals surface area (Å²) in [4.78, 5) is 0. The Balaban J connectivity index is 1.98. The summed E-state index contributed by atoms with van der Waals surface area (Å²) >= 11 is 4.37. The fraction of sp³-hybridized carbons (Fsp3) is 0.0714. The Morgan fingerprint density at radius 2 is 1.75 bits per heavy atom. The average molecular weight is 438 g/mol. The van der Waals surface area contributed by atoms with Crippen molar-refractivity contribution in [2.75, 3.05) is 0 Å². The fourth-order valence-corrected chi connectivity index (χ4v) is 3.50. The quantitative estimate of drug-likeness (QED) is 0.429. The molecule has 0 bridgehead atoms. The van der Waals surface area contributed by atoms with Crippen LogP contribution in [-0.4, -0.2) is 18.3 Å². The van der Waals surface area contributed by atoms with E-state index in [1.165, 1.54) is 18.2 Å². The van der Waals surface area contributed by atoms with E-state index in [-0.39, 0.29) is 0 Å². The molecule has 1 aromatic heterocycles. The first-order chi connectivity index (χ1) is 11.2. The van der Waals surface area contributed by atoms with Gasteiger partial charge in [0.05, 0.1) is 10.4 Å². The molecule has 0 radical (unpaired) electrons. The van der Waals surface area contributed by atoms with Crippen LogP contribution in [0.3, 0.4) is 0 Å². The van der Waals surface area contributed by atoms with Crippen LogP contribution in [0.15, 0.2) is 46.9 Å². The Bertz CT molecular complexity index is 998. The smallest absolute Gasteiger partial charge is 0.376 e. The molecule has 1 heterocycles. The van der Waals surface area contributed by atoms with E-state index in [4.69, 9.17) is 0 Å². The normalized spacial score (nSPS) is 12.5. The minimum atomic E-state index is -5.69. The molecule has 3 rings (SSSR count). The molecule has 0 aliphatic carbocycles. The molecular weight excluding hydrogens is 431 g/mol. The van der Waals surface area contributed by atoms with Crippen molar-refractivity contribution >= 4 is 47.7 Å². The standard InChI is InChI=1S/C14H7BrF3NO3S2/c15-9-3-1-8(2-4-9)13-11-6-5-10(7-12(11)23-19-13)22-24(20,21)14(16,17)18/h1-7H. The summed E-state index contributed by atoms with van der Waals surface area (Å²) in [5, 5.41) is 0.694. The summed E-state index contributed by atoms with van der Waals surface area (Å²) in [6.07, 6.45) is 0. The van der Waals surface area contributed by atoms with Crippen LogP contribution in [-0.2, 0) is 10.1 Å². The third kappa shape index (κ3) is 3.26. The molecule has 0 amide bonds. The summed E-state index contributed by atoms with van der Waals surface area (Å²) in [6.45, 7) is 0. The molecule has 0 unspecified atom stereocenters. The topological polar surface area (TPSA) is 56.3 Å². The molecule has 126 valence electrons. The zero-order valence-corrected chi connectivity index (χ0v) is 14.8. The first-order valence-corrected chi connectivity index (χ1v) is 9.31. The van der Waals surface area contributed by atoms with Crippen molar-refractivity contribution in [3.05, 3.63) is 46.9 Å². The van der Waals surface area contributed by atoms with Gasteiger partial charge in [0.15, 0.2) is 0 Å². The van der Waals surface area contributed by atoms with Gasteiger partial charge in [-0.05, 0) is 35.8 Å². The number of hydrogen-bond donors (Lipinski definition) is 0. The maximum Gasteiger partial charge on any atom is 0.534 e. The number of aromatic nitrogens is 1. The second kappa shape index (κ2) is 6.01. The number of halogens is 4. The average Bonchev–Trinajstić information content (AvgIpc) is 2.89. The molecule has 0 N–H and O–H groups in total. The van der Waals surface area contributed by atoms with Crippen LogP contribution in [0.1, 0.15) is 0 Å². The SMILES string of the molecule is O=S(=O)(Oc1ccc2c(-c3ccc(Br)cc3)nsc2c1)C(F)(F)F. The highest BCUT2D eigenvalue weighted by atomic mass is 79.9.